The zero-order valence-corrected chi connectivity index (χ0v) is 14.8. The molecule has 4 aromatic carbocycles. The summed E-state index contributed by atoms with van der Waals surface area (Å²) in [5.41, 5.74) is 5.78. The lowest BCUT2D eigenvalue weighted by Gasteiger charge is -2.09. The smallest absolute Gasteiger partial charge is 0.0547 e. The van der Waals surface area contributed by atoms with Crippen LogP contribution >= 0.6 is 11.6 Å². The van der Waals surface area contributed by atoms with Gasteiger partial charge in [-0.25, -0.2) is 0 Å². The van der Waals surface area contributed by atoms with Crippen molar-refractivity contribution in [1.82, 2.24) is 4.57 Å². The van der Waals surface area contributed by atoms with E-state index in [1.807, 2.05) is 24.3 Å². The van der Waals surface area contributed by atoms with Gasteiger partial charge in [0.2, 0.25) is 0 Å². The molecule has 0 spiro atoms. The Morgan fingerprint density at radius 2 is 1.19 bits per heavy atom. The molecule has 0 saturated heterocycles. The van der Waals surface area contributed by atoms with Crippen LogP contribution < -0.4 is 0 Å². The predicted molar refractivity (Wildman–Crippen MR) is 111 cm³/mol. The van der Waals surface area contributed by atoms with E-state index in [0.717, 1.165) is 16.3 Å². The summed E-state index contributed by atoms with van der Waals surface area (Å²) in [7, 11) is 0. The number of hydrogen-bond donors (Lipinski definition) is 0. The van der Waals surface area contributed by atoms with E-state index in [0.29, 0.717) is 0 Å². The van der Waals surface area contributed by atoms with Gasteiger partial charge in [-0.2, -0.15) is 0 Å². The van der Waals surface area contributed by atoms with E-state index in [-0.39, 0.29) is 0 Å². The van der Waals surface area contributed by atoms with Crippen LogP contribution in [0.3, 0.4) is 0 Å². The lowest BCUT2D eigenvalue weighted by Crippen LogP contribution is -1.92. The lowest BCUT2D eigenvalue weighted by atomic mass is 9.99. The molecular formula is C24H16ClN. The van der Waals surface area contributed by atoms with Crippen molar-refractivity contribution >= 4 is 33.4 Å². The van der Waals surface area contributed by atoms with Gasteiger partial charge in [0.15, 0.2) is 0 Å². The number of benzene rings is 4. The van der Waals surface area contributed by atoms with Gasteiger partial charge in [0.05, 0.1) is 11.0 Å². The maximum atomic E-state index is 6.53. The minimum Gasteiger partial charge on any atom is -0.309 e. The fourth-order valence-corrected chi connectivity index (χ4v) is 4.02. The number of halogens is 1. The number of aromatic nitrogens is 1. The van der Waals surface area contributed by atoms with Crippen molar-refractivity contribution in [2.24, 2.45) is 0 Å². The van der Waals surface area contributed by atoms with E-state index in [1.54, 1.807) is 0 Å². The zero-order valence-electron chi connectivity index (χ0n) is 14.1. The number of hydrogen-bond acceptors (Lipinski definition) is 0. The Morgan fingerprint density at radius 1 is 0.538 bits per heavy atom. The van der Waals surface area contributed by atoms with Crippen LogP contribution in [-0.2, 0) is 0 Å². The Kier molecular flexibility index (Phi) is 3.55. The Labute approximate surface area is 157 Å². The van der Waals surface area contributed by atoms with Crippen LogP contribution in [0.4, 0.5) is 0 Å². The average Bonchev–Trinajstić information content (AvgIpc) is 3.04. The third kappa shape index (κ3) is 2.25. The normalized spacial score (nSPS) is 11.3. The van der Waals surface area contributed by atoms with Crippen LogP contribution in [0.5, 0.6) is 0 Å². The Hall–Kier alpha value is -3.03. The molecule has 2 heteroatoms. The first kappa shape index (κ1) is 15.2. The summed E-state index contributed by atoms with van der Waals surface area (Å²) < 4.78 is 2.32. The molecule has 0 atom stereocenters. The molecule has 26 heavy (non-hydrogen) atoms. The van der Waals surface area contributed by atoms with Crippen molar-refractivity contribution in [3.05, 3.63) is 102 Å². The van der Waals surface area contributed by atoms with E-state index >= 15 is 0 Å². The number of nitrogens with zero attached hydrogens (tertiary/aromatic N) is 1. The van der Waals surface area contributed by atoms with Gasteiger partial charge in [-0.05, 0) is 35.9 Å². The molecule has 0 fully saturated rings. The van der Waals surface area contributed by atoms with Crippen molar-refractivity contribution in [3.8, 4) is 16.8 Å². The minimum atomic E-state index is 0.775. The molecule has 5 aromatic rings. The van der Waals surface area contributed by atoms with Gasteiger partial charge in [-0.3, -0.25) is 0 Å². The summed E-state index contributed by atoms with van der Waals surface area (Å²) in [5, 5.41) is 3.25. The summed E-state index contributed by atoms with van der Waals surface area (Å²) in [6.45, 7) is 0. The van der Waals surface area contributed by atoms with Gasteiger partial charge in [0.1, 0.15) is 0 Å². The number of fused-ring (bicyclic) bond motifs is 3. The van der Waals surface area contributed by atoms with Crippen molar-refractivity contribution in [3.63, 3.8) is 0 Å². The predicted octanol–water partition coefficient (Wildman–Crippen LogP) is 7.10. The third-order valence-corrected chi connectivity index (χ3v) is 5.21. The first-order valence-electron chi connectivity index (χ1n) is 8.67. The molecule has 124 valence electrons. The molecule has 1 nitrogen and oxygen atoms in total. The zero-order chi connectivity index (χ0) is 17.5. The van der Waals surface area contributed by atoms with Gasteiger partial charge >= 0.3 is 0 Å². The second-order valence-electron chi connectivity index (χ2n) is 6.37. The van der Waals surface area contributed by atoms with Crippen LogP contribution in [0.25, 0.3) is 38.6 Å². The quantitative estimate of drug-likeness (QED) is 0.319. The molecule has 1 aromatic heterocycles. The highest BCUT2D eigenvalue weighted by atomic mass is 35.5. The fraction of sp³-hybridized carbons (Fsp3) is 0. The molecule has 0 N–H and O–H groups in total. The van der Waals surface area contributed by atoms with Gasteiger partial charge in [-0.15, -0.1) is 0 Å². The van der Waals surface area contributed by atoms with E-state index in [4.69, 9.17) is 11.6 Å². The molecule has 0 amide bonds. The van der Waals surface area contributed by atoms with Gasteiger partial charge in [0.25, 0.3) is 0 Å². The fourth-order valence-electron chi connectivity index (χ4n) is 3.78. The first-order valence-corrected chi connectivity index (χ1v) is 9.05. The number of para-hydroxylation sites is 2. The summed E-state index contributed by atoms with van der Waals surface area (Å²) in [4.78, 5) is 0. The lowest BCUT2D eigenvalue weighted by molar-refractivity contribution is 1.18. The van der Waals surface area contributed by atoms with Crippen LogP contribution in [0.1, 0.15) is 0 Å². The van der Waals surface area contributed by atoms with Crippen LogP contribution in [-0.4, -0.2) is 4.57 Å². The molecule has 0 aliphatic rings. The molecule has 0 bridgehead atoms. The summed E-state index contributed by atoms with van der Waals surface area (Å²) in [5.74, 6) is 0. The SMILES string of the molecule is Clc1ccccc1-c1cccc2c1c1ccccc1n2-c1ccccc1. The highest BCUT2D eigenvalue weighted by Gasteiger charge is 2.16. The van der Waals surface area contributed by atoms with E-state index in [1.165, 1.54) is 27.4 Å². The topological polar surface area (TPSA) is 4.93 Å². The Morgan fingerprint density at radius 3 is 2.04 bits per heavy atom. The summed E-state index contributed by atoms with van der Waals surface area (Å²) >= 11 is 6.53. The van der Waals surface area contributed by atoms with Crippen LogP contribution in [0.15, 0.2) is 97.1 Å². The molecule has 0 aliphatic heterocycles. The molecule has 5 rings (SSSR count). The molecular weight excluding hydrogens is 338 g/mol. The largest absolute Gasteiger partial charge is 0.309 e. The Balaban J connectivity index is 1.97. The maximum absolute atomic E-state index is 6.53. The van der Waals surface area contributed by atoms with Gasteiger partial charge in [-0.1, -0.05) is 78.3 Å². The van der Waals surface area contributed by atoms with E-state index in [9.17, 15) is 0 Å². The molecule has 0 aliphatic carbocycles. The summed E-state index contributed by atoms with van der Waals surface area (Å²) in [6, 6.07) is 33.6. The molecule has 1 heterocycles. The second kappa shape index (κ2) is 6.05. The second-order valence-corrected chi connectivity index (χ2v) is 6.77. The third-order valence-electron chi connectivity index (χ3n) is 4.88. The van der Waals surface area contributed by atoms with Gasteiger partial charge in [0, 0.05) is 27.0 Å². The van der Waals surface area contributed by atoms with Crippen molar-refractivity contribution in [1.29, 1.82) is 0 Å². The van der Waals surface area contributed by atoms with Crippen molar-refractivity contribution < 1.29 is 0 Å². The minimum absolute atomic E-state index is 0.775. The van der Waals surface area contributed by atoms with E-state index in [2.05, 4.69) is 77.4 Å². The van der Waals surface area contributed by atoms with Gasteiger partial charge < -0.3 is 4.57 Å². The number of rotatable bonds is 2. The molecule has 0 radical (unpaired) electrons. The first-order chi connectivity index (χ1) is 12.8. The van der Waals surface area contributed by atoms with Crippen LogP contribution in [0, 0.1) is 0 Å². The molecule has 0 saturated carbocycles. The molecule has 0 unspecified atom stereocenters. The standard InChI is InChI=1S/C24H16ClN/c25-21-14-6-4-11-18(21)19-13-8-16-23-24(19)20-12-5-7-15-22(20)26(23)17-9-2-1-3-10-17/h1-16H. The highest BCUT2D eigenvalue weighted by molar-refractivity contribution is 6.34. The van der Waals surface area contributed by atoms with Crippen molar-refractivity contribution in [2.75, 3.05) is 0 Å². The van der Waals surface area contributed by atoms with Crippen LogP contribution in [0.2, 0.25) is 5.02 Å². The van der Waals surface area contributed by atoms with Crippen molar-refractivity contribution in [2.45, 2.75) is 0 Å². The summed E-state index contributed by atoms with van der Waals surface area (Å²) in [6.07, 6.45) is 0. The highest BCUT2D eigenvalue weighted by Crippen LogP contribution is 2.40. The van der Waals surface area contributed by atoms with E-state index < -0.39 is 0 Å². The Bertz CT molecular complexity index is 1240. The maximum Gasteiger partial charge on any atom is 0.0547 e. The average molecular weight is 354 g/mol. The monoisotopic (exact) mass is 353 g/mol.